The largest absolute Gasteiger partial charge is 0.418 e. The van der Waals surface area contributed by atoms with E-state index in [4.69, 9.17) is 0 Å². The van der Waals surface area contributed by atoms with Crippen LogP contribution < -0.4 is 0 Å². The quantitative estimate of drug-likeness (QED) is 0.772. The minimum atomic E-state index is -4.45. The molecule has 1 aromatic heterocycles. The van der Waals surface area contributed by atoms with Gasteiger partial charge in [0, 0.05) is 6.20 Å². The normalized spacial score (nSPS) is 11.6. The molecule has 0 aliphatic rings. The number of hydrogen-bond donors (Lipinski definition) is 0. The fraction of sp³-hybridized carbons (Fsp3) is 0.167. The SMILES string of the molecule is Cc1nc(C=O)cn1-c1ccccc1C(F)(F)F. The van der Waals surface area contributed by atoms with Crippen LogP contribution in [0.25, 0.3) is 5.69 Å². The lowest BCUT2D eigenvalue weighted by Crippen LogP contribution is -2.10. The van der Waals surface area contributed by atoms with Gasteiger partial charge in [0.25, 0.3) is 0 Å². The standard InChI is InChI=1S/C12H9F3N2O/c1-8-16-9(7-18)6-17(8)11-5-3-2-4-10(11)12(13,14)15/h2-7H,1H3. The summed E-state index contributed by atoms with van der Waals surface area (Å²) in [4.78, 5) is 14.4. The van der Waals surface area contributed by atoms with Crippen molar-refractivity contribution in [3.05, 3.63) is 47.5 Å². The summed E-state index contributed by atoms with van der Waals surface area (Å²) >= 11 is 0. The van der Waals surface area contributed by atoms with Crippen molar-refractivity contribution in [2.75, 3.05) is 0 Å². The molecule has 0 bridgehead atoms. The van der Waals surface area contributed by atoms with Gasteiger partial charge in [-0.2, -0.15) is 13.2 Å². The number of halogens is 3. The summed E-state index contributed by atoms with van der Waals surface area (Å²) in [6.45, 7) is 1.54. The van der Waals surface area contributed by atoms with E-state index < -0.39 is 11.7 Å². The van der Waals surface area contributed by atoms with Gasteiger partial charge in [-0.3, -0.25) is 4.79 Å². The van der Waals surface area contributed by atoms with Crippen molar-refractivity contribution in [2.45, 2.75) is 13.1 Å². The zero-order valence-corrected chi connectivity index (χ0v) is 9.40. The highest BCUT2D eigenvalue weighted by atomic mass is 19.4. The third-order valence-corrected chi connectivity index (χ3v) is 2.49. The molecule has 2 aromatic rings. The molecule has 0 radical (unpaired) electrons. The van der Waals surface area contributed by atoms with E-state index in [9.17, 15) is 18.0 Å². The number of nitrogens with zero attached hydrogens (tertiary/aromatic N) is 2. The number of hydrogen-bond acceptors (Lipinski definition) is 2. The van der Waals surface area contributed by atoms with Crippen molar-refractivity contribution in [1.29, 1.82) is 0 Å². The number of alkyl halides is 3. The predicted molar refractivity (Wildman–Crippen MR) is 58.7 cm³/mol. The monoisotopic (exact) mass is 254 g/mol. The second-order valence-electron chi connectivity index (χ2n) is 3.72. The molecule has 1 heterocycles. The van der Waals surface area contributed by atoms with Crippen LogP contribution >= 0.6 is 0 Å². The summed E-state index contributed by atoms with van der Waals surface area (Å²) in [7, 11) is 0. The molecule has 0 N–H and O–H groups in total. The van der Waals surface area contributed by atoms with Crippen LogP contribution in [0.1, 0.15) is 21.9 Å². The van der Waals surface area contributed by atoms with Crippen LogP contribution in [-0.4, -0.2) is 15.8 Å². The van der Waals surface area contributed by atoms with Crippen LogP contribution in [0.15, 0.2) is 30.5 Å². The highest BCUT2D eigenvalue weighted by Crippen LogP contribution is 2.34. The lowest BCUT2D eigenvalue weighted by molar-refractivity contribution is -0.137. The van der Waals surface area contributed by atoms with Crippen molar-refractivity contribution in [3.63, 3.8) is 0 Å². The maximum absolute atomic E-state index is 12.9. The third kappa shape index (κ3) is 2.13. The van der Waals surface area contributed by atoms with Crippen LogP contribution in [-0.2, 0) is 6.18 Å². The number of imidazole rings is 1. The highest BCUT2D eigenvalue weighted by Gasteiger charge is 2.33. The van der Waals surface area contributed by atoms with Gasteiger partial charge < -0.3 is 4.57 Å². The van der Waals surface area contributed by atoms with E-state index in [0.717, 1.165) is 6.07 Å². The Labute approximate surface area is 101 Å². The van der Waals surface area contributed by atoms with Gasteiger partial charge in [-0.1, -0.05) is 12.1 Å². The average Bonchev–Trinajstić information content (AvgIpc) is 2.69. The van der Waals surface area contributed by atoms with E-state index in [0.29, 0.717) is 12.1 Å². The Morgan fingerprint density at radius 1 is 1.28 bits per heavy atom. The van der Waals surface area contributed by atoms with E-state index in [-0.39, 0.29) is 11.4 Å². The molecular formula is C12H9F3N2O. The molecule has 18 heavy (non-hydrogen) atoms. The highest BCUT2D eigenvalue weighted by molar-refractivity contribution is 5.71. The van der Waals surface area contributed by atoms with Gasteiger partial charge in [0.15, 0.2) is 6.29 Å². The minimum absolute atomic E-state index is 0.0388. The molecule has 2 rings (SSSR count). The Balaban J connectivity index is 2.64. The first-order chi connectivity index (χ1) is 8.43. The van der Waals surface area contributed by atoms with Crippen molar-refractivity contribution < 1.29 is 18.0 Å². The van der Waals surface area contributed by atoms with Gasteiger partial charge in [0.1, 0.15) is 11.5 Å². The molecule has 0 aliphatic heterocycles. The smallest absolute Gasteiger partial charge is 0.303 e. The fourth-order valence-electron chi connectivity index (χ4n) is 1.72. The molecule has 1 aromatic carbocycles. The van der Waals surface area contributed by atoms with Crippen LogP contribution in [0.2, 0.25) is 0 Å². The Morgan fingerprint density at radius 3 is 2.50 bits per heavy atom. The minimum Gasteiger partial charge on any atom is -0.303 e. The summed E-state index contributed by atoms with van der Waals surface area (Å²) in [6.07, 6.45) is -2.67. The summed E-state index contributed by atoms with van der Waals surface area (Å²) in [5, 5.41) is 0. The zero-order chi connectivity index (χ0) is 13.3. The van der Waals surface area contributed by atoms with Gasteiger partial charge in [0.2, 0.25) is 0 Å². The van der Waals surface area contributed by atoms with Crippen molar-refractivity contribution in [1.82, 2.24) is 9.55 Å². The average molecular weight is 254 g/mol. The van der Waals surface area contributed by atoms with Gasteiger partial charge in [0.05, 0.1) is 11.3 Å². The van der Waals surface area contributed by atoms with Gasteiger partial charge >= 0.3 is 6.18 Å². The molecule has 94 valence electrons. The van der Waals surface area contributed by atoms with Gasteiger partial charge in [-0.25, -0.2) is 4.98 Å². The second-order valence-corrected chi connectivity index (χ2v) is 3.72. The molecule has 0 amide bonds. The summed E-state index contributed by atoms with van der Waals surface area (Å²) in [5.41, 5.74) is -0.699. The number of aryl methyl sites for hydroxylation is 1. The van der Waals surface area contributed by atoms with Crippen molar-refractivity contribution in [2.24, 2.45) is 0 Å². The van der Waals surface area contributed by atoms with Gasteiger partial charge in [-0.15, -0.1) is 0 Å². The third-order valence-electron chi connectivity index (χ3n) is 2.49. The number of aldehydes is 1. The Hall–Kier alpha value is -2.11. The summed E-state index contributed by atoms with van der Waals surface area (Å²) in [5.74, 6) is 0.328. The maximum Gasteiger partial charge on any atom is 0.418 e. The maximum atomic E-state index is 12.9. The van der Waals surface area contributed by atoms with Crippen LogP contribution in [0.4, 0.5) is 13.2 Å². The van der Waals surface area contributed by atoms with E-state index in [1.165, 1.54) is 29.0 Å². The number of carbonyl (C=O) groups excluding carboxylic acids is 1. The van der Waals surface area contributed by atoms with Crippen LogP contribution in [0, 0.1) is 6.92 Å². The fourth-order valence-corrected chi connectivity index (χ4v) is 1.72. The molecule has 0 saturated heterocycles. The molecule has 0 saturated carbocycles. The first-order valence-electron chi connectivity index (χ1n) is 5.11. The van der Waals surface area contributed by atoms with Crippen molar-refractivity contribution in [3.8, 4) is 5.69 Å². The first-order valence-corrected chi connectivity index (χ1v) is 5.11. The molecule has 6 heteroatoms. The molecule has 0 aliphatic carbocycles. The van der Waals surface area contributed by atoms with Crippen LogP contribution in [0.3, 0.4) is 0 Å². The topological polar surface area (TPSA) is 34.9 Å². The number of carbonyl (C=O) groups is 1. The Kier molecular flexibility index (Phi) is 2.94. The zero-order valence-electron chi connectivity index (χ0n) is 9.40. The van der Waals surface area contributed by atoms with Crippen molar-refractivity contribution >= 4 is 6.29 Å². The van der Waals surface area contributed by atoms with Crippen LogP contribution in [0.5, 0.6) is 0 Å². The number of aromatic nitrogens is 2. The van der Waals surface area contributed by atoms with Gasteiger partial charge in [-0.05, 0) is 19.1 Å². The Morgan fingerprint density at radius 2 is 1.94 bits per heavy atom. The predicted octanol–water partition coefficient (Wildman–Crippen LogP) is 3.01. The molecule has 0 unspecified atom stereocenters. The Bertz CT molecular complexity index is 587. The lowest BCUT2D eigenvalue weighted by atomic mass is 10.1. The van der Waals surface area contributed by atoms with E-state index in [1.54, 1.807) is 6.92 Å². The molecule has 3 nitrogen and oxygen atoms in total. The molecular weight excluding hydrogens is 245 g/mol. The molecule has 0 spiro atoms. The molecule has 0 atom stereocenters. The summed E-state index contributed by atoms with van der Waals surface area (Å²) in [6, 6.07) is 5.16. The van der Waals surface area contributed by atoms with E-state index >= 15 is 0 Å². The number of para-hydroxylation sites is 1. The van der Waals surface area contributed by atoms with E-state index in [1.807, 2.05) is 0 Å². The second kappa shape index (κ2) is 4.29. The summed E-state index contributed by atoms with van der Waals surface area (Å²) < 4.78 is 39.8. The number of rotatable bonds is 2. The lowest BCUT2D eigenvalue weighted by Gasteiger charge is -2.13. The molecule has 0 fully saturated rings. The van der Waals surface area contributed by atoms with E-state index in [2.05, 4.69) is 4.98 Å². The first kappa shape index (κ1) is 12.3. The number of benzene rings is 1.